The Morgan fingerprint density at radius 1 is 1.38 bits per heavy atom. The van der Waals surface area contributed by atoms with E-state index in [-0.39, 0.29) is 11.9 Å². The predicted molar refractivity (Wildman–Crippen MR) is 82.2 cm³/mol. The number of carbonyl (C=O) groups is 1. The lowest BCUT2D eigenvalue weighted by Gasteiger charge is -2.20. The first-order chi connectivity index (χ1) is 10.1. The molecule has 1 aromatic carbocycles. The van der Waals surface area contributed by atoms with Crippen molar-refractivity contribution in [3.05, 3.63) is 29.6 Å². The maximum Gasteiger partial charge on any atom is 0.316 e. The first-order valence-electron chi connectivity index (χ1n) is 7.63. The van der Waals surface area contributed by atoms with Gasteiger partial charge in [-0.1, -0.05) is 25.0 Å². The number of benzene rings is 1. The Morgan fingerprint density at radius 2 is 2.10 bits per heavy atom. The number of hydrogen-bond donors (Lipinski definition) is 0. The Morgan fingerprint density at radius 3 is 2.71 bits per heavy atom. The Balaban J connectivity index is 2.12. The van der Waals surface area contributed by atoms with E-state index in [0.717, 1.165) is 29.7 Å². The van der Waals surface area contributed by atoms with Gasteiger partial charge in [-0.3, -0.25) is 4.79 Å². The monoisotopic (exact) mass is 286 g/mol. The number of aromatic nitrogens is 2. The number of fused-ring (bicyclic) bond motifs is 1. The number of methoxy groups -OCH3 is 1. The molecule has 3 rings (SSSR count). The summed E-state index contributed by atoms with van der Waals surface area (Å²) in [7, 11) is 3.47. The second kappa shape index (κ2) is 5.51. The highest BCUT2D eigenvalue weighted by molar-refractivity contribution is 5.83. The molecule has 0 saturated heterocycles. The standard InChI is InChI=1S/C17H22N2O2/c1-11-7-6-10-13-15(11)19(2)16(18-13)14(17(20)21-3)12-8-4-5-9-12/h6-7,10,12,14H,4-5,8-9H2,1-3H3. The molecule has 1 heterocycles. The molecule has 1 saturated carbocycles. The third-order valence-electron chi connectivity index (χ3n) is 4.74. The van der Waals surface area contributed by atoms with Crippen molar-refractivity contribution < 1.29 is 9.53 Å². The lowest BCUT2D eigenvalue weighted by Crippen LogP contribution is -2.24. The Hall–Kier alpha value is -1.84. The van der Waals surface area contributed by atoms with Crippen molar-refractivity contribution in [2.45, 2.75) is 38.5 Å². The largest absolute Gasteiger partial charge is 0.468 e. The van der Waals surface area contributed by atoms with Crippen molar-refractivity contribution in [1.29, 1.82) is 0 Å². The highest BCUT2D eigenvalue weighted by Gasteiger charge is 2.36. The van der Waals surface area contributed by atoms with Crippen molar-refractivity contribution in [3.8, 4) is 0 Å². The van der Waals surface area contributed by atoms with Crippen molar-refractivity contribution in [3.63, 3.8) is 0 Å². The highest BCUT2D eigenvalue weighted by Crippen LogP contribution is 2.38. The second-order valence-electron chi connectivity index (χ2n) is 6.02. The topological polar surface area (TPSA) is 44.1 Å². The van der Waals surface area contributed by atoms with Crippen molar-refractivity contribution in [1.82, 2.24) is 9.55 Å². The van der Waals surface area contributed by atoms with Crippen LogP contribution in [0.2, 0.25) is 0 Å². The van der Waals surface area contributed by atoms with Crippen LogP contribution in [0.4, 0.5) is 0 Å². The third-order valence-corrected chi connectivity index (χ3v) is 4.74. The summed E-state index contributed by atoms with van der Waals surface area (Å²) in [5.41, 5.74) is 3.25. The van der Waals surface area contributed by atoms with E-state index in [1.54, 1.807) is 0 Å². The molecule has 0 aliphatic heterocycles. The number of nitrogens with zero attached hydrogens (tertiary/aromatic N) is 2. The van der Waals surface area contributed by atoms with E-state index >= 15 is 0 Å². The van der Waals surface area contributed by atoms with Gasteiger partial charge in [0.1, 0.15) is 11.7 Å². The number of hydrogen-bond acceptors (Lipinski definition) is 3. The van der Waals surface area contributed by atoms with E-state index in [4.69, 9.17) is 9.72 Å². The van der Waals surface area contributed by atoms with Crippen LogP contribution in [0.15, 0.2) is 18.2 Å². The number of para-hydroxylation sites is 1. The van der Waals surface area contributed by atoms with E-state index in [0.29, 0.717) is 5.92 Å². The van der Waals surface area contributed by atoms with Gasteiger partial charge in [0.15, 0.2) is 0 Å². The van der Waals surface area contributed by atoms with Crippen LogP contribution in [0.25, 0.3) is 11.0 Å². The fourth-order valence-electron chi connectivity index (χ4n) is 3.69. The fourth-order valence-corrected chi connectivity index (χ4v) is 3.69. The van der Waals surface area contributed by atoms with Crippen LogP contribution in [-0.4, -0.2) is 22.6 Å². The van der Waals surface area contributed by atoms with Crippen LogP contribution < -0.4 is 0 Å². The smallest absolute Gasteiger partial charge is 0.316 e. The SMILES string of the molecule is COC(=O)C(c1nc2cccc(C)c2n1C)C1CCCC1. The molecule has 2 aromatic rings. The Bertz CT molecular complexity index is 669. The van der Waals surface area contributed by atoms with Crippen LogP contribution in [-0.2, 0) is 16.6 Å². The average Bonchev–Trinajstić information content (AvgIpc) is 3.09. The van der Waals surface area contributed by atoms with Crippen molar-refractivity contribution in [2.75, 3.05) is 7.11 Å². The molecule has 0 amide bonds. The molecule has 4 nitrogen and oxygen atoms in total. The molecule has 1 aliphatic rings. The lowest BCUT2D eigenvalue weighted by molar-refractivity contribution is -0.144. The normalized spacial score (nSPS) is 17.3. The maximum absolute atomic E-state index is 12.3. The van der Waals surface area contributed by atoms with Gasteiger partial charge in [-0.05, 0) is 37.3 Å². The molecule has 0 radical (unpaired) electrons. The quantitative estimate of drug-likeness (QED) is 0.813. The van der Waals surface area contributed by atoms with Crippen LogP contribution in [0.3, 0.4) is 0 Å². The van der Waals surface area contributed by atoms with E-state index in [1.807, 2.05) is 19.2 Å². The van der Waals surface area contributed by atoms with E-state index in [1.165, 1.54) is 25.5 Å². The van der Waals surface area contributed by atoms with Gasteiger partial charge >= 0.3 is 5.97 Å². The van der Waals surface area contributed by atoms with Gasteiger partial charge in [-0.2, -0.15) is 0 Å². The Labute approximate surface area is 125 Å². The van der Waals surface area contributed by atoms with E-state index in [2.05, 4.69) is 17.6 Å². The van der Waals surface area contributed by atoms with Crippen LogP contribution >= 0.6 is 0 Å². The van der Waals surface area contributed by atoms with Gasteiger partial charge in [0.25, 0.3) is 0 Å². The summed E-state index contributed by atoms with van der Waals surface area (Å²) < 4.78 is 7.14. The highest BCUT2D eigenvalue weighted by atomic mass is 16.5. The summed E-state index contributed by atoms with van der Waals surface area (Å²) in [6.45, 7) is 2.08. The minimum absolute atomic E-state index is 0.155. The number of carbonyl (C=O) groups excluding carboxylic acids is 1. The van der Waals surface area contributed by atoms with Gasteiger partial charge in [0.05, 0.1) is 18.1 Å². The molecule has 0 spiro atoms. The van der Waals surface area contributed by atoms with E-state index < -0.39 is 0 Å². The molecular weight excluding hydrogens is 264 g/mol. The molecule has 1 unspecified atom stereocenters. The minimum atomic E-state index is -0.241. The third kappa shape index (κ3) is 2.33. The zero-order valence-electron chi connectivity index (χ0n) is 12.9. The first-order valence-corrected chi connectivity index (χ1v) is 7.63. The summed E-state index contributed by atoms with van der Waals surface area (Å²) in [4.78, 5) is 17.1. The number of aryl methyl sites for hydroxylation is 2. The second-order valence-corrected chi connectivity index (χ2v) is 6.02. The molecule has 1 atom stereocenters. The molecule has 21 heavy (non-hydrogen) atoms. The average molecular weight is 286 g/mol. The molecule has 0 bridgehead atoms. The number of ether oxygens (including phenoxy) is 1. The molecule has 1 fully saturated rings. The van der Waals surface area contributed by atoms with Gasteiger partial charge < -0.3 is 9.30 Å². The first kappa shape index (κ1) is 14.1. The molecule has 4 heteroatoms. The van der Waals surface area contributed by atoms with Gasteiger partial charge in [0, 0.05) is 7.05 Å². The predicted octanol–water partition coefficient (Wildman–Crippen LogP) is 3.33. The van der Waals surface area contributed by atoms with Crippen molar-refractivity contribution in [2.24, 2.45) is 13.0 Å². The van der Waals surface area contributed by atoms with E-state index in [9.17, 15) is 4.79 Å². The molecular formula is C17H22N2O2. The van der Waals surface area contributed by atoms with Gasteiger partial charge in [0.2, 0.25) is 0 Å². The Kier molecular flexibility index (Phi) is 3.70. The number of imidazole rings is 1. The van der Waals surface area contributed by atoms with Crippen molar-refractivity contribution >= 4 is 17.0 Å². The van der Waals surface area contributed by atoms with Gasteiger partial charge in [-0.15, -0.1) is 0 Å². The van der Waals surface area contributed by atoms with Crippen LogP contribution in [0.1, 0.15) is 43.0 Å². The molecule has 0 N–H and O–H groups in total. The number of rotatable bonds is 3. The minimum Gasteiger partial charge on any atom is -0.468 e. The fraction of sp³-hybridized carbons (Fsp3) is 0.529. The molecule has 1 aromatic heterocycles. The zero-order valence-corrected chi connectivity index (χ0v) is 12.9. The molecule has 112 valence electrons. The number of esters is 1. The molecule has 1 aliphatic carbocycles. The lowest BCUT2D eigenvalue weighted by atomic mass is 9.90. The van der Waals surface area contributed by atoms with Gasteiger partial charge in [-0.25, -0.2) is 4.98 Å². The summed E-state index contributed by atoms with van der Waals surface area (Å²) in [5.74, 6) is 0.804. The van der Waals surface area contributed by atoms with Crippen LogP contribution in [0.5, 0.6) is 0 Å². The van der Waals surface area contributed by atoms with Crippen LogP contribution in [0, 0.1) is 12.8 Å². The summed E-state index contributed by atoms with van der Waals surface area (Å²) in [6, 6.07) is 6.10. The summed E-state index contributed by atoms with van der Waals surface area (Å²) >= 11 is 0. The summed E-state index contributed by atoms with van der Waals surface area (Å²) in [5, 5.41) is 0. The zero-order chi connectivity index (χ0) is 15.0. The summed E-state index contributed by atoms with van der Waals surface area (Å²) in [6.07, 6.45) is 4.56. The maximum atomic E-state index is 12.3.